The molecule has 1 rings (SSSR count). The number of carbonyl (C=O) groups excluding carboxylic acids is 2. The molecule has 0 saturated carbocycles. The van der Waals surface area contributed by atoms with Crippen LogP contribution in [-0.2, 0) is 16.0 Å². The number of carbonyl (C=O) groups is 2. The molecule has 0 N–H and O–H groups in total. The van der Waals surface area contributed by atoms with E-state index in [1.54, 1.807) is 12.1 Å². The largest absolute Gasteiger partial charge is 0.419 e. The molecule has 0 heterocycles. The number of hydrogen-bond donors (Lipinski definition) is 0. The first kappa shape index (κ1) is 14.7. The molecule has 0 unspecified atom stereocenters. The van der Waals surface area contributed by atoms with Crippen LogP contribution in [0.3, 0.4) is 0 Å². The molecule has 19 heavy (non-hydrogen) atoms. The van der Waals surface area contributed by atoms with Crippen molar-refractivity contribution in [1.29, 1.82) is 0 Å². The topological polar surface area (TPSA) is 52.6 Å². The lowest BCUT2D eigenvalue weighted by Crippen LogP contribution is -2.08. The zero-order chi connectivity index (χ0) is 14.3. The zero-order valence-electron chi connectivity index (χ0n) is 10.8. The highest BCUT2D eigenvalue weighted by atomic mass is 16.6. The third kappa shape index (κ3) is 4.43. The van der Waals surface area contributed by atoms with E-state index < -0.39 is 11.9 Å². The first-order chi connectivity index (χ1) is 9.10. The van der Waals surface area contributed by atoms with Crippen molar-refractivity contribution in [1.82, 2.24) is 0 Å². The van der Waals surface area contributed by atoms with Gasteiger partial charge in [0.1, 0.15) is 0 Å². The molecule has 4 nitrogen and oxygen atoms in total. The number of benzene rings is 1. The van der Waals surface area contributed by atoms with E-state index >= 15 is 0 Å². The average molecular weight is 260 g/mol. The molecular formula is C15H16O4. The second-order valence-electron chi connectivity index (χ2n) is 3.78. The Morgan fingerprint density at radius 2 is 1.68 bits per heavy atom. The molecule has 0 amide bonds. The predicted molar refractivity (Wildman–Crippen MR) is 72.1 cm³/mol. The lowest BCUT2D eigenvalue weighted by molar-refractivity contribution is -0.131. The van der Waals surface area contributed by atoms with E-state index in [0.29, 0.717) is 0 Å². The van der Waals surface area contributed by atoms with Crippen LogP contribution in [0.1, 0.15) is 18.9 Å². The third-order valence-electron chi connectivity index (χ3n) is 2.30. The Morgan fingerprint density at radius 1 is 1.11 bits per heavy atom. The van der Waals surface area contributed by atoms with Crippen LogP contribution in [0.2, 0.25) is 0 Å². The fourth-order valence-corrected chi connectivity index (χ4v) is 1.46. The Balaban J connectivity index is 3.06. The summed E-state index contributed by atoms with van der Waals surface area (Å²) in [5.74, 6) is -0.838. The Hall–Kier alpha value is -2.36. The number of hydrogen-bond acceptors (Lipinski definition) is 4. The minimum Gasteiger partial charge on any atom is -0.419 e. The molecule has 1 aromatic rings. The van der Waals surface area contributed by atoms with Crippen LogP contribution in [0.4, 0.5) is 0 Å². The minimum atomic E-state index is -0.612. The van der Waals surface area contributed by atoms with E-state index in [1.165, 1.54) is 0 Å². The van der Waals surface area contributed by atoms with Crippen molar-refractivity contribution in [3.63, 3.8) is 0 Å². The first-order valence-corrected chi connectivity index (χ1v) is 5.92. The maximum atomic E-state index is 11.3. The zero-order valence-corrected chi connectivity index (χ0v) is 10.8. The SMILES string of the molecule is C=CC(=O)Oc1ccc(CCC)cc1OC(=O)C=C. The summed E-state index contributed by atoms with van der Waals surface area (Å²) < 4.78 is 10.1. The van der Waals surface area contributed by atoms with Crippen molar-refractivity contribution < 1.29 is 19.1 Å². The van der Waals surface area contributed by atoms with Crippen LogP contribution < -0.4 is 9.47 Å². The van der Waals surface area contributed by atoms with E-state index in [1.807, 2.05) is 13.0 Å². The van der Waals surface area contributed by atoms with Gasteiger partial charge in [0.25, 0.3) is 0 Å². The maximum Gasteiger partial charge on any atom is 0.335 e. The number of rotatable bonds is 6. The van der Waals surface area contributed by atoms with E-state index in [-0.39, 0.29) is 11.5 Å². The van der Waals surface area contributed by atoms with Crippen molar-refractivity contribution >= 4 is 11.9 Å². The van der Waals surface area contributed by atoms with Gasteiger partial charge in [-0.2, -0.15) is 0 Å². The summed E-state index contributed by atoms with van der Waals surface area (Å²) in [7, 11) is 0. The molecule has 0 aliphatic carbocycles. The van der Waals surface area contributed by atoms with Gasteiger partial charge in [0.15, 0.2) is 11.5 Å². The summed E-state index contributed by atoms with van der Waals surface area (Å²) in [6.07, 6.45) is 3.89. The molecule has 0 saturated heterocycles. The Bertz CT molecular complexity index is 503. The van der Waals surface area contributed by atoms with Gasteiger partial charge < -0.3 is 9.47 Å². The van der Waals surface area contributed by atoms with Crippen LogP contribution in [0, 0.1) is 0 Å². The smallest absolute Gasteiger partial charge is 0.335 e. The van der Waals surface area contributed by atoms with Gasteiger partial charge in [-0.1, -0.05) is 32.6 Å². The summed E-state index contributed by atoms with van der Waals surface area (Å²) in [5, 5.41) is 0. The molecule has 4 heteroatoms. The predicted octanol–water partition coefficient (Wildman–Crippen LogP) is 2.82. The summed E-state index contributed by atoms with van der Waals surface area (Å²) in [6, 6.07) is 5.09. The molecule has 1 aromatic carbocycles. The summed E-state index contributed by atoms with van der Waals surface area (Å²) in [6.45, 7) is 8.68. The lowest BCUT2D eigenvalue weighted by atomic mass is 10.1. The Kier molecular flexibility index (Phi) is 5.54. The fourth-order valence-electron chi connectivity index (χ4n) is 1.46. The summed E-state index contributed by atoms with van der Waals surface area (Å²) in [4.78, 5) is 22.5. The van der Waals surface area contributed by atoms with Crippen LogP contribution >= 0.6 is 0 Å². The van der Waals surface area contributed by atoms with E-state index in [2.05, 4.69) is 13.2 Å². The fraction of sp³-hybridized carbons (Fsp3) is 0.200. The third-order valence-corrected chi connectivity index (χ3v) is 2.30. The van der Waals surface area contributed by atoms with E-state index in [9.17, 15) is 9.59 Å². The van der Waals surface area contributed by atoms with Crippen LogP contribution in [0.5, 0.6) is 11.5 Å². The van der Waals surface area contributed by atoms with Gasteiger partial charge in [-0.15, -0.1) is 0 Å². The number of ether oxygens (including phenoxy) is 2. The highest BCUT2D eigenvalue weighted by molar-refractivity contribution is 5.86. The van der Waals surface area contributed by atoms with Gasteiger partial charge >= 0.3 is 11.9 Å². The maximum absolute atomic E-state index is 11.3. The van der Waals surface area contributed by atoms with Gasteiger partial charge in [0, 0.05) is 12.2 Å². The molecular weight excluding hydrogens is 244 g/mol. The van der Waals surface area contributed by atoms with Crippen molar-refractivity contribution in [3.8, 4) is 11.5 Å². The normalized spacial score (nSPS) is 9.53. The second-order valence-corrected chi connectivity index (χ2v) is 3.78. The molecule has 0 aliphatic heterocycles. The van der Waals surface area contributed by atoms with Gasteiger partial charge in [-0.05, 0) is 24.1 Å². The molecule has 0 aromatic heterocycles. The highest BCUT2D eigenvalue weighted by Gasteiger charge is 2.12. The summed E-state index contributed by atoms with van der Waals surface area (Å²) in [5.41, 5.74) is 0.993. The van der Waals surface area contributed by atoms with E-state index in [4.69, 9.17) is 9.47 Å². The summed E-state index contributed by atoms with van der Waals surface area (Å²) >= 11 is 0. The minimum absolute atomic E-state index is 0.181. The number of aryl methyl sites for hydroxylation is 1. The molecule has 0 atom stereocenters. The van der Waals surface area contributed by atoms with Crippen molar-refractivity contribution in [2.75, 3.05) is 0 Å². The first-order valence-electron chi connectivity index (χ1n) is 5.92. The quantitative estimate of drug-likeness (QED) is 0.448. The monoisotopic (exact) mass is 260 g/mol. The molecule has 100 valence electrons. The molecule has 0 fully saturated rings. The van der Waals surface area contributed by atoms with Gasteiger partial charge in [-0.25, -0.2) is 9.59 Å². The van der Waals surface area contributed by atoms with Crippen LogP contribution in [0.25, 0.3) is 0 Å². The highest BCUT2D eigenvalue weighted by Crippen LogP contribution is 2.29. The lowest BCUT2D eigenvalue weighted by Gasteiger charge is -2.10. The van der Waals surface area contributed by atoms with Crippen molar-refractivity contribution in [2.24, 2.45) is 0 Å². The van der Waals surface area contributed by atoms with Gasteiger partial charge in [-0.3, -0.25) is 0 Å². The molecule has 0 aliphatic rings. The van der Waals surface area contributed by atoms with Gasteiger partial charge in [0.2, 0.25) is 0 Å². The van der Waals surface area contributed by atoms with E-state index in [0.717, 1.165) is 30.6 Å². The number of esters is 2. The Morgan fingerprint density at radius 3 is 2.21 bits per heavy atom. The van der Waals surface area contributed by atoms with Gasteiger partial charge in [0.05, 0.1) is 0 Å². The molecule has 0 bridgehead atoms. The molecule has 0 radical (unpaired) electrons. The van der Waals surface area contributed by atoms with Crippen LogP contribution in [0.15, 0.2) is 43.5 Å². The standard InChI is InChI=1S/C15H16O4/c1-4-7-11-8-9-12(18-14(16)5-2)13(10-11)19-15(17)6-3/h5-6,8-10H,2-4,7H2,1H3. The Labute approximate surface area is 112 Å². The second kappa shape index (κ2) is 7.16. The van der Waals surface area contributed by atoms with Crippen LogP contribution in [-0.4, -0.2) is 11.9 Å². The molecule has 0 spiro atoms. The van der Waals surface area contributed by atoms with Crippen molar-refractivity contribution in [3.05, 3.63) is 49.1 Å². The van der Waals surface area contributed by atoms with Crippen molar-refractivity contribution in [2.45, 2.75) is 19.8 Å². The average Bonchev–Trinajstić information content (AvgIpc) is 2.41.